The van der Waals surface area contributed by atoms with Crippen LogP contribution in [0.2, 0.25) is 0 Å². The normalized spacial score (nSPS) is 16.1. The first-order valence-corrected chi connectivity index (χ1v) is 8.48. The monoisotopic (exact) mass is 357 g/mol. The summed E-state index contributed by atoms with van der Waals surface area (Å²) >= 11 is 1.47. The molecule has 0 aliphatic carbocycles. The lowest BCUT2D eigenvalue weighted by Gasteiger charge is -2.18. The number of nitrogens with zero attached hydrogens (tertiary/aromatic N) is 1. The average Bonchev–Trinajstić information content (AvgIpc) is 3.10. The number of allylic oxidation sites excluding steroid dienone is 1. The first kappa shape index (κ1) is 17.1. The highest BCUT2D eigenvalue weighted by Gasteiger charge is 2.38. The highest BCUT2D eigenvalue weighted by molar-refractivity contribution is 7.11. The Labute approximate surface area is 148 Å². The number of hydrogen-bond acceptors (Lipinski definition) is 4. The van der Waals surface area contributed by atoms with Gasteiger partial charge in [0.15, 0.2) is 0 Å². The van der Waals surface area contributed by atoms with Crippen LogP contribution in [-0.4, -0.2) is 19.0 Å². The highest BCUT2D eigenvalue weighted by Crippen LogP contribution is 2.37. The molecule has 0 radical (unpaired) electrons. The number of carbonyl (C=O) groups excluding carboxylic acids is 2. The summed E-state index contributed by atoms with van der Waals surface area (Å²) in [4.78, 5) is 27.3. The zero-order valence-corrected chi connectivity index (χ0v) is 14.8. The minimum absolute atomic E-state index is 0.109. The summed E-state index contributed by atoms with van der Waals surface area (Å²) < 4.78 is 19.1. The molecule has 1 aliphatic heterocycles. The lowest BCUT2D eigenvalue weighted by atomic mass is 10.1. The van der Waals surface area contributed by atoms with Crippen molar-refractivity contribution < 1.29 is 18.7 Å². The Morgan fingerprint density at radius 1 is 1.24 bits per heavy atom. The number of anilines is 1. The standard InChI is InChI=1S/C19H16FNO3S/c1-11-8-9-25-16(11)10-13-17(19(23)24-3)12(2)21(18(13)22)15-7-5-4-6-14(15)20/h4-10H,1-3H3/b13-10+. The Balaban J connectivity index is 2.19. The zero-order chi connectivity index (χ0) is 18.1. The maximum atomic E-state index is 14.2. The number of benzene rings is 1. The molecule has 0 unspecified atom stereocenters. The predicted octanol–water partition coefficient (Wildman–Crippen LogP) is 4.07. The van der Waals surface area contributed by atoms with Gasteiger partial charge >= 0.3 is 5.97 Å². The van der Waals surface area contributed by atoms with Crippen LogP contribution in [-0.2, 0) is 14.3 Å². The van der Waals surface area contributed by atoms with Gasteiger partial charge in [-0.25, -0.2) is 9.18 Å². The van der Waals surface area contributed by atoms with Crippen molar-refractivity contribution in [2.75, 3.05) is 12.0 Å². The van der Waals surface area contributed by atoms with Crippen molar-refractivity contribution in [1.29, 1.82) is 0 Å². The Kier molecular flexibility index (Phi) is 4.55. The molecule has 0 spiro atoms. The zero-order valence-electron chi connectivity index (χ0n) is 14.0. The quantitative estimate of drug-likeness (QED) is 0.614. The molecule has 6 heteroatoms. The van der Waals surface area contributed by atoms with Crippen LogP contribution in [0.1, 0.15) is 17.4 Å². The second-order valence-electron chi connectivity index (χ2n) is 5.57. The second-order valence-corrected chi connectivity index (χ2v) is 6.52. The lowest BCUT2D eigenvalue weighted by Crippen LogP contribution is -2.25. The van der Waals surface area contributed by atoms with Gasteiger partial charge in [0.1, 0.15) is 5.82 Å². The number of thiophene rings is 1. The Morgan fingerprint density at radius 2 is 1.96 bits per heavy atom. The summed E-state index contributed by atoms with van der Waals surface area (Å²) in [5.74, 6) is -1.60. The van der Waals surface area contributed by atoms with Gasteiger partial charge in [-0.3, -0.25) is 9.69 Å². The maximum absolute atomic E-state index is 14.2. The second kappa shape index (κ2) is 6.64. The Bertz CT molecular complexity index is 926. The molecule has 3 rings (SSSR count). The molecule has 128 valence electrons. The number of rotatable bonds is 3. The van der Waals surface area contributed by atoms with Crippen LogP contribution in [0.3, 0.4) is 0 Å². The molecular formula is C19H16FNO3S. The molecule has 1 amide bonds. The van der Waals surface area contributed by atoms with Crippen molar-refractivity contribution in [3.05, 3.63) is 68.8 Å². The number of carbonyl (C=O) groups is 2. The molecule has 0 saturated carbocycles. The predicted molar refractivity (Wildman–Crippen MR) is 95.6 cm³/mol. The third-order valence-electron chi connectivity index (χ3n) is 4.06. The minimum atomic E-state index is -0.620. The van der Waals surface area contributed by atoms with Crippen LogP contribution in [0.5, 0.6) is 0 Å². The summed E-state index contributed by atoms with van der Waals surface area (Å²) in [7, 11) is 1.26. The van der Waals surface area contributed by atoms with Gasteiger partial charge in [0.05, 0.1) is 23.9 Å². The fourth-order valence-corrected chi connectivity index (χ4v) is 3.63. The number of hydrogen-bond donors (Lipinski definition) is 0. The van der Waals surface area contributed by atoms with Gasteiger partial charge in [0.2, 0.25) is 0 Å². The largest absolute Gasteiger partial charge is 0.465 e. The lowest BCUT2D eigenvalue weighted by molar-refractivity contribution is -0.136. The smallest absolute Gasteiger partial charge is 0.340 e. The SMILES string of the molecule is COC(=O)C1=C(C)N(c2ccccc2F)C(=O)/C1=C/c1sccc1C. The molecule has 1 aliphatic rings. The van der Waals surface area contributed by atoms with E-state index in [-0.39, 0.29) is 16.8 Å². The van der Waals surface area contributed by atoms with Gasteiger partial charge < -0.3 is 4.74 Å². The van der Waals surface area contributed by atoms with Crippen LogP contribution in [0.4, 0.5) is 10.1 Å². The molecule has 2 heterocycles. The Morgan fingerprint density at radius 3 is 2.56 bits per heavy atom. The van der Waals surface area contributed by atoms with Gasteiger partial charge in [-0.1, -0.05) is 12.1 Å². The molecule has 0 saturated heterocycles. The van der Waals surface area contributed by atoms with Crippen LogP contribution in [0.15, 0.2) is 52.6 Å². The Hall–Kier alpha value is -2.73. The molecule has 25 heavy (non-hydrogen) atoms. The molecule has 0 fully saturated rings. The fraction of sp³-hybridized carbons (Fsp3) is 0.158. The third kappa shape index (κ3) is 2.89. The topological polar surface area (TPSA) is 46.6 Å². The highest BCUT2D eigenvalue weighted by atomic mass is 32.1. The molecule has 0 N–H and O–H groups in total. The van der Waals surface area contributed by atoms with Gasteiger partial charge in [0, 0.05) is 10.6 Å². The van der Waals surface area contributed by atoms with E-state index in [1.54, 1.807) is 25.1 Å². The number of esters is 1. The van der Waals surface area contributed by atoms with Crippen LogP contribution in [0, 0.1) is 12.7 Å². The van der Waals surface area contributed by atoms with E-state index in [1.807, 2.05) is 18.4 Å². The van der Waals surface area contributed by atoms with E-state index >= 15 is 0 Å². The van der Waals surface area contributed by atoms with Gasteiger partial charge in [-0.15, -0.1) is 11.3 Å². The molecule has 1 aromatic heterocycles. The molecular weight excluding hydrogens is 341 g/mol. The van der Waals surface area contributed by atoms with Crippen molar-refractivity contribution in [2.24, 2.45) is 0 Å². The van der Waals surface area contributed by atoms with Crippen LogP contribution >= 0.6 is 11.3 Å². The number of para-hydroxylation sites is 1. The molecule has 4 nitrogen and oxygen atoms in total. The third-order valence-corrected chi connectivity index (χ3v) is 5.03. The van der Waals surface area contributed by atoms with E-state index in [1.165, 1.54) is 35.5 Å². The molecule has 2 aromatic rings. The fourth-order valence-electron chi connectivity index (χ4n) is 2.77. The van der Waals surface area contributed by atoms with Crippen molar-refractivity contribution in [3.63, 3.8) is 0 Å². The summed E-state index contributed by atoms with van der Waals surface area (Å²) in [6.45, 7) is 3.53. The van der Waals surface area contributed by atoms with Crippen LogP contribution in [0.25, 0.3) is 6.08 Å². The number of methoxy groups -OCH3 is 1. The number of halogens is 1. The van der Waals surface area contributed by atoms with Gasteiger partial charge in [-0.2, -0.15) is 0 Å². The number of aryl methyl sites for hydroxylation is 1. The summed E-state index contributed by atoms with van der Waals surface area (Å²) in [5, 5.41) is 1.91. The molecule has 0 atom stereocenters. The first-order chi connectivity index (χ1) is 12.0. The summed E-state index contributed by atoms with van der Waals surface area (Å²) in [5.41, 5.74) is 1.82. The summed E-state index contributed by atoms with van der Waals surface area (Å²) in [6, 6.07) is 7.90. The first-order valence-electron chi connectivity index (χ1n) is 7.60. The van der Waals surface area contributed by atoms with Crippen molar-refractivity contribution in [1.82, 2.24) is 0 Å². The maximum Gasteiger partial charge on any atom is 0.340 e. The van der Waals surface area contributed by atoms with E-state index < -0.39 is 17.7 Å². The van der Waals surface area contributed by atoms with E-state index in [2.05, 4.69) is 0 Å². The van der Waals surface area contributed by atoms with Crippen molar-refractivity contribution in [3.8, 4) is 0 Å². The van der Waals surface area contributed by atoms with E-state index in [0.717, 1.165) is 10.4 Å². The van der Waals surface area contributed by atoms with Gasteiger partial charge in [0.25, 0.3) is 5.91 Å². The minimum Gasteiger partial charge on any atom is -0.465 e. The molecule has 1 aromatic carbocycles. The summed E-state index contributed by atoms with van der Waals surface area (Å²) in [6.07, 6.45) is 1.67. The van der Waals surface area contributed by atoms with E-state index in [9.17, 15) is 14.0 Å². The van der Waals surface area contributed by atoms with Crippen molar-refractivity contribution in [2.45, 2.75) is 13.8 Å². The van der Waals surface area contributed by atoms with E-state index in [0.29, 0.717) is 5.70 Å². The molecule has 0 bridgehead atoms. The number of ether oxygens (including phenoxy) is 1. The number of amides is 1. The van der Waals surface area contributed by atoms with E-state index in [4.69, 9.17) is 4.74 Å². The van der Waals surface area contributed by atoms with Gasteiger partial charge in [-0.05, 0) is 49.1 Å². The van der Waals surface area contributed by atoms with Crippen molar-refractivity contribution >= 4 is 35.0 Å². The van der Waals surface area contributed by atoms with Crippen LogP contribution < -0.4 is 4.90 Å². The average molecular weight is 357 g/mol.